The van der Waals surface area contributed by atoms with Crippen molar-refractivity contribution in [3.63, 3.8) is 0 Å². The molecule has 0 spiro atoms. The number of nitrogens with zero attached hydrogens (tertiary/aromatic N) is 2. The fourth-order valence-corrected chi connectivity index (χ4v) is 4.90. The molecule has 0 fully saturated rings. The molecule has 0 unspecified atom stereocenters. The standard InChI is InChI=1S/C28H30F6N2O7/c1-6-43-26(39)36-15(2)7-20(19-11-22(40-3)23(41-4)12-21(19)36)35(24(37)13-25(38)42-5)14-16-8-17(27(29,30)31)10-18(9-16)28(32,33)34/h8-12,15,20H,6-7,13-14H2,1-5H3/t15-,20+/m0/s1. The summed E-state index contributed by atoms with van der Waals surface area (Å²) in [6.07, 6.45) is -11.8. The van der Waals surface area contributed by atoms with Gasteiger partial charge < -0.3 is 23.8 Å². The molecule has 2 aromatic carbocycles. The predicted molar refractivity (Wildman–Crippen MR) is 139 cm³/mol. The Morgan fingerprint density at radius 2 is 1.47 bits per heavy atom. The highest BCUT2D eigenvalue weighted by molar-refractivity contribution is 5.95. The zero-order chi connectivity index (χ0) is 32.3. The molecule has 0 saturated heterocycles. The van der Waals surface area contributed by atoms with Gasteiger partial charge in [0.15, 0.2) is 11.5 Å². The van der Waals surface area contributed by atoms with Crippen LogP contribution < -0.4 is 14.4 Å². The van der Waals surface area contributed by atoms with Gasteiger partial charge in [-0.25, -0.2) is 4.79 Å². The van der Waals surface area contributed by atoms with Gasteiger partial charge in [0.1, 0.15) is 6.42 Å². The molecule has 9 nitrogen and oxygen atoms in total. The Kier molecular flexibility index (Phi) is 10.1. The zero-order valence-electron chi connectivity index (χ0n) is 23.9. The lowest BCUT2D eigenvalue weighted by Crippen LogP contribution is -2.48. The second kappa shape index (κ2) is 13.0. The minimum Gasteiger partial charge on any atom is -0.493 e. The first-order chi connectivity index (χ1) is 20.0. The number of methoxy groups -OCH3 is 3. The van der Waals surface area contributed by atoms with E-state index >= 15 is 0 Å². The molecule has 1 heterocycles. The number of anilines is 1. The van der Waals surface area contributed by atoms with Crippen molar-refractivity contribution in [3.8, 4) is 11.5 Å². The Labute approximate surface area is 243 Å². The SMILES string of the molecule is CCOC(=O)N1c2cc(OC)c(OC)cc2[C@H](N(Cc2cc(C(F)(F)F)cc(C(F)(F)F)c2)C(=O)CC(=O)OC)C[C@@H]1C. The third-order valence-corrected chi connectivity index (χ3v) is 6.84. The van der Waals surface area contributed by atoms with Crippen molar-refractivity contribution in [1.82, 2.24) is 4.90 Å². The summed E-state index contributed by atoms with van der Waals surface area (Å²) in [5.74, 6) is -1.54. The molecule has 1 aliphatic heterocycles. The maximum absolute atomic E-state index is 13.6. The van der Waals surface area contributed by atoms with Crippen LogP contribution in [0.3, 0.4) is 0 Å². The topological polar surface area (TPSA) is 94.6 Å². The zero-order valence-corrected chi connectivity index (χ0v) is 23.9. The van der Waals surface area contributed by atoms with E-state index in [1.54, 1.807) is 13.8 Å². The van der Waals surface area contributed by atoms with E-state index in [1.807, 2.05) is 0 Å². The van der Waals surface area contributed by atoms with Gasteiger partial charge in [0.2, 0.25) is 5.91 Å². The van der Waals surface area contributed by atoms with Crippen LogP contribution in [-0.2, 0) is 38.0 Å². The van der Waals surface area contributed by atoms with Crippen LogP contribution in [0.1, 0.15) is 55.0 Å². The maximum Gasteiger partial charge on any atom is 0.416 e. The molecular formula is C28H30F6N2O7. The van der Waals surface area contributed by atoms with Crippen molar-refractivity contribution in [1.29, 1.82) is 0 Å². The summed E-state index contributed by atoms with van der Waals surface area (Å²) < 4.78 is 102. The molecule has 2 amide bonds. The molecule has 236 valence electrons. The third-order valence-electron chi connectivity index (χ3n) is 6.84. The molecule has 0 aromatic heterocycles. The number of hydrogen-bond donors (Lipinski definition) is 0. The number of amides is 2. The molecule has 0 aliphatic carbocycles. The molecular weight excluding hydrogens is 590 g/mol. The summed E-state index contributed by atoms with van der Waals surface area (Å²) in [6.45, 7) is 2.52. The van der Waals surface area contributed by atoms with Crippen molar-refractivity contribution in [2.75, 3.05) is 32.8 Å². The first-order valence-corrected chi connectivity index (χ1v) is 12.9. The molecule has 43 heavy (non-hydrogen) atoms. The highest BCUT2D eigenvalue weighted by atomic mass is 19.4. The van der Waals surface area contributed by atoms with Crippen molar-refractivity contribution in [3.05, 3.63) is 52.6 Å². The van der Waals surface area contributed by atoms with Crippen LogP contribution in [0.2, 0.25) is 0 Å². The lowest BCUT2D eigenvalue weighted by molar-refractivity contribution is -0.148. The van der Waals surface area contributed by atoms with Crippen LogP contribution >= 0.6 is 0 Å². The second-order valence-corrected chi connectivity index (χ2v) is 9.62. The fourth-order valence-electron chi connectivity index (χ4n) is 4.90. The lowest BCUT2D eigenvalue weighted by Gasteiger charge is -2.43. The van der Waals surface area contributed by atoms with Crippen LogP contribution in [0, 0.1) is 0 Å². The molecule has 3 rings (SSSR count). The highest BCUT2D eigenvalue weighted by Crippen LogP contribution is 2.47. The highest BCUT2D eigenvalue weighted by Gasteiger charge is 2.41. The first-order valence-electron chi connectivity index (χ1n) is 12.9. The van der Waals surface area contributed by atoms with Gasteiger partial charge >= 0.3 is 24.4 Å². The van der Waals surface area contributed by atoms with E-state index in [2.05, 4.69) is 4.74 Å². The lowest BCUT2D eigenvalue weighted by atomic mass is 9.89. The van der Waals surface area contributed by atoms with Crippen molar-refractivity contribution < 1.29 is 59.7 Å². The third kappa shape index (κ3) is 7.43. The number of benzene rings is 2. The molecule has 0 N–H and O–H groups in total. The van der Waals surface area contributed by atoms with E-state index in [0.717, 1.165) is 12.0 Å². The fraction of sp³-hybridized carbons (Fsp3) is 0.464. The molecule has 2 atom stereocenters. The summed E-state index contributed by atoms with van der Waals surface area (Å²) in [7, 11) is 3.70. The van der Waals surface area contributed by atoms with E-state index in [0.29, 0.717) is 12.1 Å². The number of ether oxygens (including phenoxy) is 4. The van der Waals surface area contributed by atoms with Crippen LogP contribution in [0.4, 0.5) is 36.8 Å². The molecule has 0 bridgehead atoms. The smallest absolute Gasteiger partial charge is 0.416 e. The Balaban J connectivity index is 2.25. The van der Waals surface area contributed by atoms with E-state index < -0.39 is 72.1 Å². The van der Waals surface area contributed by atoms with Gasteiger partial charge in [0.25, 0.3) is 0 Å². The summed E-state index contributed by atoms with van der Waals surface area (Å²) in [6, 6.07) is 2.18. The number of alkyl halides is 6. The number of fused-ring (bicyclic) bond motifs is 1. The van der Waals surface area contributed by atoms with E-state index in [-0.39, 0.29) is 41.8 Å². The average molecular weight is 621 g/mol. The quantitative estimate of drug-likeness (QED) is 0.199. The summed E-state index contributed by atoms with van der Waals surface area (Å²) in [5, 5.41) is 0. The van der Waals surface area contributed by atoms with Gasteiger partial charge in [-0.15, -0.1) is 0 Å². The minimum atomic E-state index is -5.12. The van der Waals surface area contributed by atoms with Crippen molar-refractivity contribution in [2.24, 2.45) is 0 Å². The van der Waals surface area contributed by atoms with Crippen LogP contribution in [-0.4, -0.2) is 56.8 Å². The normalized spacial score (nSPS) is 16.7. The Bertz CT molecular complexity index is 1330. The Morgan fingerprint density at radius 1 is 0.907 bits per heavy atom. The van der Waals surface area contributed by atoms with Crippen molar-refractivity contribution >= 4 is 23.7 Å². The van der Waals surface area contributed by atoms with Gasteiger partial charge in [-0.2, -0.15) is 26.3 Å². The second-order valence-electron chi connectivity index (χ2n) is 9.62. The van der Waals surface area contributed by atoms with Gasteiger partial charge in [0.05, 0.1) is 50.8 Å². The number of hydrogen-bond acceptors (Lipinski definition) is 7. The van der Waals surface area contributed by atoms with Gasteiger partial charge in [-0.1, -0.05) is 0 Å². The van der Waals surface area contributed by atoms with Crippen LogP contribution in [0.15, 0.2) is 30.3 Å². The number of esters is 1. The van der Waals surface area contributed by atoms with E-state index in [1.165, 1.54) is 31.3 Å². The molecule has 0 saturated carbocycles. The maximum atomic E-state index is 13.6. The number of carbonyl (C=O) groups is 3. The Morgan fingerprint density at radius 3 is 1.95 bits per heavy atom. The molecule has 0 radical (unpaired) electrons. The number of halogens is 6. The minimum absolute atomic E-state index is 0.0174. The number of carbonyl (C=O) groups excluding carboxylic acids is 3. The van der Waals surface area contributed by atoms with Gasteiger partial charge in [0, 0.05) is 24.2 Å². The summed E-state index contributed by atoms with van der Waals surface area (Å²) in [5.41, 5.74) is -3.14. The van der Waals surface area contributed by atoms with Crippen molar-refractivity contribution in [2.45, 2.75) is 57.7 Å². The molecule has 15 heteroatoms. The van der Waals surface area contributed by atoms with Crippen LogP contribution in [0.5, 0.6) is 11.5 Å². The summed E-state index contributed by atoms with van der Waals surface area (Å²) >= 11 is 0. The molecule has 1 aliphatic rings. The largest absolute Gasteiger partial charge is 0.493 e. The van der Waals surface area contributed by atoms with E-state index in [4.69, 9.17) is 14.2 Å². The number of rotatable bonds is 8. The predicted octanol–water partition coefficient (Wildman–Crippen LogP) is 6.13. The monoisotopic (exact) mass is 620 g/mol. The Hall–Kier alpha value is -4.17. The van der Waals surface area contributed by atoms with E-state index in [9.17, 15) is 40.7 Å². The van der Waals surface area contributed by atoms with Gasteiger partial charge in [-0.05, 0) is 50.1 Å². The van der Waals surface area contributed by atoms with Gasteiger partial charge in [-0.3, -0.25) is 14.5 Å². The summed E-state index contributed by atoms with van der Waals surface area (Å²) in [4.78, 5) is 40.8. The average Bonchev–Trinajstić information content (AvgIpc) is 2.93. The first kappa shape index (κ1) is 33.3. The van der Waals surface area contributed by atoms with Crippen LogP contribution in [0.25, 0.3) is 0 Å². The molecule has 2 aromatic rings.